The Kier molecular flexibility index (Phi) is 6.03. The molecule has 1 saturated heterocycles. The van der Waals surface area contributed by atoms with E-state index in [9.17, 15) is 12.8 Å². The Balaban J connectivity index is 0.00000242. The average Bonchev–Trinajstić information content (AvgIpc) is 2.78. The topological polar surface area (TPSA) is 81.9 Å². The van der Waals surface area contributed by atoms with Crippen molar-refractivity contribution in [2.45, 2.75) is 17.9 Å². The van der Waals surface area contributed by atoms with Gasteiger partial charge in [-0.05, 0) is 5.92 Å². The van der Waals surface area contributed by atoms with E-state index in [2.05, 4.69) is 0 Å². The van der Waals surface area contributed by atoms with Crippen LogP contribution in [0.15, 0.2) is 17.0 Å². The van der Waals surface area contributed by atoms with Crippen LogP contribution in [0, 0.1) is 11.7 Å². The molecule has 2 unspecified atom stereocenters. The third kappa shape index (κ3) is 3.29. The molecule has 1 heterocycles. The molecule has 1 aromatic rings. The first-order valence-corrected chi connectivity index (χ1v) is 7.92. The second-order valence-electron chi connectivity index (χ2n) is 5.10. The van der Waals surface area contributed by atoms with Gasteiger partial charge in [-0.25, -0.2) is 12.8 Å². The second-order valence-corrected chi connectivity index (χ2v) is 7.01. The molecule has 0 bridgehead atoms. The molecule has 0 amide bonds. The van der Waals surface area contributed by atoms with E-state index in [1.54, 1.807) is 0 Å². The summed E-state index contributed by atoms with van der Waals surface area (Å²) in [6.07, 6.45) is 0. The number of rotatable bonds is 4. The van der Waals surface area contributed by atoms with Crippen LogP contribution in [0.25, 0.3) is 0 Å². The molecule has 1 fully saturated rings. The highest BCUT2D eigenvalue weighted by atomic mass is 35.5. The zero-order valence-electron chi connectivity index (χ0n) is 12.6. The monoisotopic (exact) mass is 354 g/mol. The number of nitrogens with zero attached hydrogens (tertiary/aromatic N) is 1. The van der Waals surface area contributed by atoms with Gasteiger partial charge in [0.25, 0.3) is 0 Å². The Morgan fingerprint density at radius 3 is 2.23 bits per heavy atom. The van der Waals surface area contributed by atoms with E-state index in [0.717, 1.165) is 12.1 Å². The fraction of sp³-hybridized carbons (Fsp3) is 0.538. The number of halogens is 2. The molecule has 6 nitrogen and oxygen atoms in total. The molecule has 126 valence electrons. The average molecular weight is 355 g/mol. The summed E-state index contributed by atoms with van der Waals surface area (Å²) < 4.78 is 50.4. The van der Waals surface area contributed by atoms with Gasteiger partial charge in [0.1, 0.15) is 10.7 Å². The highest BCUT2D eigenvalue weighted by Gasteiger charge is 2.37. The summed E-state index contributed by atoms with van der Waals surface area (Å²) in [5, 5.41) is 0. The van der Waals surface area contributed by atoms with Crippen molar-refractivity contribution >= 4 is 22.4 Å². The highest BCUT2D eigenvalue weighted by molar-refractivity contribution is 7.89. The van der Waals surface area contributed by atoms with Crippen molar-refractivity contribution in [2.24, 2.45) is 11.7 Å². The fourth-order valence-electron chi connectivity index (χ4n) is 2.31. The smallest absolute Gasteiger partial charge is 0.246 e. The van der Waals surface area contributed by atoms with Crippen LogP contribution in [-0.4, -0.2) is 46.1 Å². The molecular formula is C13H20ClFN2O4S. The lowest BCUT2D eigenvalue weighted by Crippen LogP contribution is -2.32. The van der Waals surface area contributed by atoms with Crippen molar-refractivity contribution in [3.63, 3.8) is 0 Å². The number of methoxy groups -OCH3 is 2. The predicted octanol–water partition coefficient (Wildman–Crippen LogP) is 1.23. The summed E-state index contributed by atoms with van der Waals surface area (Å²) >= 11 is 0. The lowest BCUT2D eigenvalue weighted by molar-refractivity contribution is 0.349. The van der Waals surface area contributed by atoms with Crippen molar-refractivity contribution in [1.82, 2.24) is 4.31 Å². The van der Waals surface area contributed by atoms with Gasteiger partial charge in [-0.2, -0.15) is 4.31 Å². The Bertz CT molecular complexity index is 631. The van der Waals surface area contributed by atoms with Crippen LogP contribution in [0.5, 0.6) is 11.5 Å². The maximum absolute atomic E-state index is 14.1. The molecule has 2 atom stereocenters. The lowest BCUT2D eigenvalue weighted by atomic mass is 10.1. The second kappa shape index (κ2) is 6.99. The Morgan fingerprint density at radius 2 is 1.77 bits per heavy atom. The molecule has 0 saturated carbocycles. The SMILES string of the molecule is COc1cc(F)c(S(=O)(=O)N2CC(C)C(N)C2)cc1OC.Cl. The molecule has 0 aromatic heterocycles. The van der Waals surface area contributed by atoms with Gasteiger partial charge in [-0.15, -0.1) is 12.4 Å². The van der Waals surface area contributed by atoms with Crippen molar-refractivity contribution < 1.29 is 22.3 Å². The summed E-state index contributed by atoms with van der Waals surface area (Å²) in [5.74, 6) is -0.543. The number of hydrogen-bond donors (Lipinski definition) is 1. The summed E-state index contributed by atoms with van der Waals surface area (Å²) in [5.41, 5.74) is 5.84. The van der Waals surface area contributed by atoms with E-state index in [4.69, 9.17) is 15.2 Å². The van der Waals surface area contributed by atoms with E-state index < -0.39 is 20.7 Å². The van der Waals surface area contributed by atoms with Crippen molar-refractivity contribution in [3.8, 4) is 11.5 Å². The third-order valence-corrected chi connectivity index (χ3v) is 5.54. The molecule has 2 rings (SSSR count). The molecule has 1 aliphatic rings. The number of hydrogen-bond acceptors (Lipinski definition) is 5. The number of benzene rings is 1. The molecule has 1 aromatic carbocycles. The molecule has 0 radical (unpaired) electrons. The van der Waals surface area contributed by atoms with Gasteiger partial charge in [-0.1, -0.05) is 6.92 Å². The maximum Gasteiger partial charge on any atom is 0.246 e. The summed E-state index contributed by atoms with van der Waals surface area (Å²) in [4.78, 5) is -0.429. The number of sulfonamides is 1. The summed E-state index contributed by atoms with van der Waals surface area (Å²) in [6.45, 7) is 2.32. The molecule has 0 aliphatic carbocycles. The Hall–Kier alpha value is -1.09. The minimum absolute atomic E-state index is 0. The van der Waals surface area contributed by atoms with Gasteiger partial charge < -0.3 is 15.2 Å². The van der Waals surface area contributed by atoms with E-state index in [0.29, 0.717) is 0 Å². The van der Waals surface area contributed by atoms with Gasteiger partial charge in [-0.3, -0.25) is 0 Å². The third-order valence-electron chi connectivity index (χ3n) is 3.69. The maximum atomic E-state index is 14.1. The van der Waals surface area contributed by atoms with Crippen LogP contribution in [0.2, 0.25) is 0 Å². The van der Waals surface area contributed by atoms with Crippen molar-refractivity contribution in [1.29, 1.82) is 0 Å². The van der Waals surface area contributed by atoms with Crippen molar-refractivity contribution in [3.05, 3.63) is 17.9 Å². The van der Waals surface area contributed by atoms with Gasteiger partial charge in [0.2, 0.25) is 10.0 Å². The van der Waals surface area contributed by atoms with Gasteiger partial charge in [0.05, 0.1) is 14.2 Å². The number of ether oxygens (including phenoxy) is 2. The Labute approximate surface area is 135 Å². The molecule has 22 heavy (non-hydrogen) atoms. The van der Waals surface area contributed by atoms with Crippen LogP contribution in [0.1, 0.15) is 6.92 Å². The van der Waals surface area contributed by atoms with Gasteiger partial charge in [0, 0.05) is 31.3 Å². The van der Waals surface area contributed by atoms with E-state index in [1.807, 2.05) is 6.92 Å². The summed E-state index contributed by atoms with van der Waals surface area (Å²) in [7, 11) is -1.24. The van der Waals surface area contributed by atoms with Crippen LogP contribution < -0.4 is 15.2 Å². The molecule has 1 aliphatic heterocycles. The first-order valence-electron chi connectivity index (χ1n) is 6.48. The molecule has 0 spiro atoms. The van der Waals surface area contributed by atoms with Gasteiger partial charge >= 0.3 is 0 Å². The minimum atomic E-state index is -3.95. The van der Waals surface area contributed by atoms with E-state index >= 15 is 0 Å². The normalized spacial score (nSPS) is 22.2. The zero-order chi connectivity index (χ0) is 15.8. The molecule has 2 N–H and O–H groups in total. The standard InChI is InChI=1S/C13H19FN2O4S.ClH/c1-8-6-16(7-10(8)15)21(17,18)13-5-12(20-3)11(19-2)4-9(13)14;/h4-5,8,10H,6-7,15H2,1-3H3;1H. The zero-order valence-corrected chi connectivity index (χ0v) is 14.2. The minimum Gasteiger partial charge on any atom is -0.493 e. The largest absolute Gasteiger partial charge is 0.493 e. The van der Waals surface area contributed by atoms with Gasteiger partial charge in [0.15, 0.2) is 11.5 Å². The van der Waals surface area contributed by atoms with Crippen LogP contribution in [0.4, 0.5) is 4.39 Å². The quantitative estimate of drug-likeness (QED) is 0.879. The molecular weight excluding hydrogens is 335 g/mol. The van der Waals surface area contributed by atoms with Crippen LogP contribution >= 0.6 is 12.4 Å². The first kappa shape index (κ1) is 19.0. The summed E-state index contributed by atoms with van der Waals surface area (Å²) in [6, 6.07) is 1.89. The van der Waals surface area contributed by atoms with Crippen LogP contribution in [0.3, 0.4) is 0 Å². The Morgan fingerprint density at radius 1 is 1.23 bits per heavy atom. The molecule has 9 heteroatoms. The highest BCUT2D eigenvalue weighted by Crippen LogP contribution is 2.34. The van der Waals surface area contributed by atoms with Crippen molar-refractivity contribution in [2.75, 3.05) is 27.3 Å². The lowest BCUT2D eigenvalue weighted by Gasteiger charge is -2.18. The van der Waals surface area contributed by atoms with E-state index in [-0.39, 0.29) is 49.0 Å². The fourth-order valence-corrected chi connectivity index (χ4v) is 3.95. The predicted molar refractivity (Wildman–Crippen MR) is 82.7 cm³/mol. The van der Waals surface area contributed by atoms with Crippen LogP contribution in [-0.2, 0) is 10.0 Å². The van der Waals surface area contributed by atoms with E-state index in [1.165, 1.54) is 18.5 Å². The number of nitrogens with two attached hydrogens (primary N) is 1. The first-order chi connectivity index (χ1) is 9.81.